The van der Waals surface area contributed by atoms with Crippen molar-refractivity contribution < 1.29 is 4.79 Å². The molecule has 27 heavy (non-hydrogen) atoms. The van der Waals surface area contributed by atoms with E-state index in [1.54, 1.807) is 6.92 Å². The van der Waals surface area contributed by atoms with Crippen LogP contribution in [-0.4, -0.2) is 42.4 Å². The molecule has 3 nitrogen and oxygen atoms in total. The van der Waals surface area contributed by atoms with Crippen LogP contribution in [0.3, 0.4) is 0 Å². The minimum absolute atomic E-state index is 0.181. The minimum atomic E-state index is 0.181. The van der Waals surface area contributed by atoms with Gasteiger partial charge < -0.3 is 9.80 Å². The van der Waals surface area contributed by atoms with Crippen LogP contribution >= 0.6 is 0 Å². The van der Waals surface area contributed by atoms with Crippen molar-refractivity contribution in [3.05, 3.63) is 35.4 Å². The number of piperidine rings is 1. The van der Waals surface area contributed by atoms with E-state index >= 15 is 0 Å². The summed E-state index contributed by atoms with van der Waals surface area (Å²) in [5.41, 5.74) is 3.22. The SMILES string of the molecule is CC(=O)N(C)[C@@H]1CC2(CCN(C[C@H]3C[C@H]4CC[C@@H]3C4)CC2)c2ccccc21. The standard InChI is InChI=1S/C24H34N2O/c1-17(27)25(2)23-15-24(22-6-4-3-5-21(22)23)9-11-26(12-10-24)16-20-14-18-7-8-19(20)13-18/h3-6,18-20,23H,7-16H2,1-2H3/t18-,19+,20+,23+/m0/s1. The molecule has 0 N–H and O–H groups in total. The second kappa shape index (κ2) is 6.62. The van der Waals surface area contributed by atoms with Crippen molar-refractivity contribution in [1.29, 1.82) is 0 Å². The Bertz CT molecular complexity index is 721. The van der Waals surface area contributed by atoms with Gasteiger partial charge in [-0.05, 0) is 80.5 Å². The third kappa shape index (κ3) is 2.93. The van der Waals surface area contributed by atoms with Crippen LogP contribution in [-0.2, 0) is 10.2 Å². The predicted octanol–water partition coefficient (Wildman–Crippen LogP) is 4.38. The molecule has 1 saturated heterocycles. The topological polar surface area (TPSA) is 23.6 Å². The van der Waals surface area contributed by atoms with Gasteiger partial charge in [0.1, 0.15) is 0 Å². The Hall–Kier alpha value is -1.35. The van der Waals surface area contributed by atoms with E-state index in [-0.39, 0.29) is 17.4 Å². The van der Waals surface area contributed by atoms with Crippen molar-refractivity contribution >= 4 is 5.91 Å². The maximum atomic E-state index is 12.0. The highest BCUT2D eigenvalue weighted by Gasteiger charge is 2.47. The van der Waals surface area contributed by atoms with Gasteiger partial charge in [0.2, 0.25) is 5.91 Å². The van der Waals surface area contributed by atoms with Gasteiger partial charge in [-0.1, -0.05) is 30.7 Å². The Balaban J connectivity index is 1.29. The molecule has 0 aromatic heterocycles. The van der Waals surface area contributed by atoms with E-state index in [0.29, 0.717) is 0 Å². The van der Waals surface area contributed by atoms with Crippen LogP contribution in [0.5, 0.6) is 0 Å². The third-order valence-electron chi connectivity index (χ3n) is 8.63. The molecular formula is C24H34N2O. The molecule has 3 heteroatoms. The first-order valence-corrected chi connectivity index (χ1v) is 11.1. The van der Waals surface area contributed by atoms with Crippen LogP contribution in [0.1, 0.15) is 69.0 Å². The average Bonchev–Trinajstić information content (AvgIpc) is 3.37. The van der Waals surface area contributed by atoms with Crippen LogP contribution in [0.4, 0.5) is 0 Å². The number of likely N-dealkylation sites (tertiary alicyclic amines) is 1. The number of carbonyl (C=O) groups is 1. The molecule has 5 rings (SSSR count). The van der Waals surface area contributed by atoms with Crippen LogP contribution in [0, 0.1) is 17.8 Å². The zero-order valence-electron chi connectivity index (χ0n) is 17.0. The van der Waals surface area contributed by atoms with Gasteiger partial charge in [0.25, 0.3) is 0 Å². The molecule has 3 aliphatic carbocycles. The third-order valence-corrected chi connectivity index (χ3v) is 8.63. The fraction of sp³-hybridized carbons (Fsp3) is 0.708. The molecular weight excluding hydrogens is 332 g/mol. The maximum Gasteiger partial charge on any atom is 0.219 e. The van der Waals surface area contributed by atoms with Crippen molar-refractivity contribution in [2.24, 2.45) is 17.8 Å². The average molecular weight is 367 g/mol. The number of nitrogens with zero attached hydrogens (tertiary/aromatic N) is 2. The van der Waals surface area contributed by atoms with Crippen molar-refractivity contribution in [1.82, 2.24) is 9.80 Å². The van der Waals surface area contributed by atoms with E-state index in [1.165, 1.54) is 69.3 Å². The molecule has 1 aliphatic heterocycles. The molecule has 4 aliphatic rings. The van der Waals surface area contributed by atoms with Gasteiger partial charge in [-0.15, -0.1) is 0 Å². The minimum Gasteiger partial charge on any atom is -0.339 e. The zero-order valence-corrected chi connectivity index (χ0v) is 17.0. The summed E-state index contributed by atoms with van der Waals surface area (Å²) in [7, 11) is 1.98. The zero-order chi connectivity index (χ0) is 18.6. The van der Waals surface area contributed by atoms with E-state index in [0.717, 1.165) is 24.2 Å². The summed E-state index contributed by atoms with van der Waals surface area (Å²) in [5, 5.41) is 0. The van der Waals surface area contributed by atoms with Crippen molar-refractivity contribution in [3.8, 4) is 0 Å². The first-order chi connectivity index (χ1) is 13.1. The molecule has 2 saturated carbocycles. The predicted molar refractivity (Wildman–Crippen MR) is 109 cm³/mol. The highest BCUT2D eigenvalue weighted by molar-refractivity contribution is 5.74. The Morgan fingerprint density at radius 2 is 1.96 bits per heavy atom. The summed E-state index contributed by atoms with van der Waals surface area (Å²) >= 11 is 0. The van der Waals surface area contributed by atoms with Crippen molar-refractivity contribution in [2.45, 2.75) is 63.3 Å². The fourth-order valence-corrected chi connectivity index (χ4v) is 6.99. The van der Waals surface area contributed by atoms with Gasteiger partial charge in [-0.25, -0.2) is 0 Å². The number of hydrogen-bond acceptors (Lipinski definition) is 2. The summed E-state index contributed by atoms with van der Waals surface area (Å²) < 4.78 is 0. The normalized spacial score (nSPS) is 34.1. The number of carbonyl (C=O) groups excluding carboxylic acids is 1. The van der Waals surface area contributed by atoms with Gasteiger partial charge in [-0.3, -0.25) is 4.79 Å². The monoisotopic (exact) mass is 366 g/mol. The van der Waals surface area contributed by atoms with Crippen LogP contribution in [0.15, 0.2) is 24.3 Å². The second-order valence-electron chi connectivity index (χ2n) is 9.95. The van der Waals surface area contributed by atoms with E-state index < -0.39 is 0 Å². The van der Waals surface area contributed by atoms with Crippen LogP contribution in [0.25, 0.3) is 0 Å². The summed E-state index contributed by atoms with van der Waals surface area (Å²) in [5.74, 6) is 3.25. The molecule has 1 spiro atoms. The molecule has 0 unspecified atom stereocenters. The van der Waals surface area contributed by atoms with Crippen molar-refractivity contribution in [2.75, 3.05) is 26.7 Å². The molecule has 1 heterocycles. The quantitative estimate of drug-likeness (QED) is 0.792. The smallest absolute Gasteiger partial charge is 0.219 e. The van der Waals surface area contributed by atoms with Crippen LogP contribution < -0.4 is 0 Å². The van der Waals surface area contributed by atoms with Gasteiger partial charge >= 0.3 is 0 Å². The molecule has 4 atom stereocenters. The molecule has 146 valence electrons. The van der Waals surface area contributed by atoms with Crippen molar-refractivity contribution in [3.63, 3.8) is 0 Å². The molecule has 3 fully saturated rings. The lowest BCUT2D eigenvalue weighted by atomic mass is 9.73. The lowest BCUT2D eigenvalue weighted by molar-refractivity contribution is -0.129. The van der Waals surface area contributed by atoms with E-state index in [2.05, 4.69) is 29.2 Å². The molecule has 2 bridgehead atoms. The van der Waals surface area contributed by atoms with Gasteiger partial charge in [0.15, 0.2) is 0 Å². The molecule has 1 amide bonds. The second-order valence-corrected chi connectivity index (χ2v) is 9.95. The number of rotatable bonds is 3. The van der Waals surface area contributed by atoms with Gasteiger partial charge in [0.05, 0.1) is 6.04 Å². The van der Waals surface area contributed by atoms with E-state index in [4.69, 9.17) is 0 Å². The summed E-state index contributed by atoms with van der Waals surface area (Å²) in [4.78, 5) is 16.8. The Morgan fingerprint density at radius 3 is 2.63 bits per heavy atom. The van der Waals surface area contributed by atoms with Gasteiger partial charge in [-0.2, -0.15) is 0 Å². The van der Waals surface area contributed by atoms with Gasteiger partial charge in [0, 0.05) is 25.9 Å². The number of hydrogen-bond donors (Lipinski definition) is 0. The lowest BCUT2D eigenvalue weighted by Crippen LogP contribution is -2.44. The molecule has 1 aromatic rings. The summed E-state index contributed by atoms with van der Waals surface area (Å²) in [6.45, 7) is 5.51. The molecule has 0 radical (unpaired) electrons. The fourth-order valence-electron chi connectivity index (χ4n) is 6.99. The summed E-state index contributed by atoms with van der Waals surface area (Å²) in [6.07, 6.45) is 9.66. The largest absolute Gasteiger partial charge is 0.339 e. The highest BCUT2D eigenvalue weighted by atomic mass is 16.2. The number of amides is 1. The Labute approximate surface area is 164 Å². The lowest BCUT2D eigenvalue weighted by Gasteiger charge is -2.42. The Morgan fingerprint density at radius 1 is 1.19 bits per heavy atom. The summed E-state index contributed by atoms with van der Waals surface area (Å²) in [6, 6.07) is 9.20. The first-order valence-electron chi connectivity index (χ1n) is 11.1. The number of benzene rings is 1. The molecule has 1 aromatic carbocycles. The van der Waals surface area contributed by atoms with Crippen LogP contribution in [0.2, 0.25) is 0 Å². The highest BCUT2D eigenvalue weighted by Crippen LogP contribution is 2.53. The Kier molecular flexibility index (Phi) is 4.34. The number of fused-ring (bicyclic) bond motifs is 4. The maximum absolute atomic E-state index is 12.0. The van der Waals surface area contributed by atoms with E-state index in [9.17, 15) is 4.79 Å². The first kappa shape index (κ1) is 17.7. The van der Waals surface area contributed by atoms with E-state index in [1.807, 2.05) is 11.9 Å².